The molecule has 1 fully saturated rings. The van der Waals surface area contributed by atoms with Crippen LogP contribution in [-0.2, 0) is 21.4 Å². The number of amides is 3. The van der Waals surface area contributed by atoms with Crippen LogP contribution in [0.15, 0.2) is 29.3 Å². The quantitative estimate of drug-likeness (QED) is 0.576. The minimum Gasteiger partial charge on any atom is -0.462 e. The van der Waals surface area contributed by atoms with Crippen molar-refractivity contribution in [2.75, 3.05) is 11.5 Å². The fraction of sp³-hybridized carbons (Fsp3) is 0.316. The number of anilines is 1. The van der Waals surface area contributed by atoms with E-state index in [1.54, 1.807) is 37.6 Å². The van der Waals surface area contributed by atoms with Crippen molar-refractivity contribution in [3.63, 3.8) is 0 Å². The summed E-state index contributed by atoms with van der Waals surface area (Å²) in [4.78, 5) is 54.1. The van der Waals surface area contributed by atoms with Crippen LogP contribution in [0.5, 0.6) is 0 Å². The molecule has 28 heavy (non-hydrogen) atoms. The second-order valence-electron chi connectivity index (χ2n) is 6.17. The summed E-state index contributed by atoms with van der Waals surface area (Å²) < 4.78 is 6.68. The van der Waals surface area contributed by atoms with Crippen LogP contribution in [0.2, 0.25) is 0 Å². The molecule has 1 saturated heterocycles. The first kappa shape index (κ1) is 19.7. The molecule has 1 aromatic heterocycles. The number of benzene rings is 1. The van der Waals surface area contributed by atoms with Gasteiger partial charge in [-0.25, -0.2) is 4.79 Å². The molecule has 0 saturated carbocycles. The van der Waals surface area contributed by atoms with Crippen LogP contribution < -0.4 is 9.70 Å². The summed E-state index contributed by atoms with van der Waals surface area (Å²) in [5.74, 6) is -1.43. The van der Waals surface area contributed by atoms with E-state index >= 15 is 0 Å². The molecule has 0 atom stereocenters. The Balaban J connectivity index is 1.87. The zero-order chi connectivity index (χ0) is 20.4. The highest BCUT2D eigenvalue weighted by Gasteiger charge is 2.30. The van der Waals surface area contributed by atoms with Crippen molar-refractivity contribution < 1.29 is 23.9 Å². The van der Waals surface area contributed by atoms with Gasteiger partial charge in [-0.2, -0.15) is 4.99 Å². The summed E-state index contributed by atoms with van der Waals surface area (Å²) >= 11 is 1.08. The highest BCUT2D eigenvalue weighted by Crippen LogP contribution is 2.23. The number of thiazole rings is 1. The van der Waals surface area contributed by atoms with E-state index in [0.29, 0.717) is 26.6 Å². The van der Waals surface area contributed by atoms with Crippen LogP contribution in [-0.4, -0.2) is 34.9 Å². The van der Waals surface area contributed by atoms with Crippen molar-refractivity contribution in [2.24, 2.45) is 12.0 Å². The summed E-state index contributed by atoms with van der Waals surface area (Å²) in [6.45, 7) is 3.74. The molecule has 0 radical (unpaired) electrons. The van der Waals surface area contributed by atoms with E-state index in [1.807, 2.05) is 0 Å². The minimum absolute atomic E-state index is 0.200. The third kappa shape index (κ3) is 3.65. The van der Waals surface area contributed by atoms with Gasteiger partial charge < -0.3 is 9.30 Å². The van der Waals surface area contributed by atoms with Gasteiger partial charge in [-0.05, 0) is 38.1 Å². The van der Waals surface area contributed by atoms with Gasteiger partial charge in [-0.1, -0.05) is 11.3 Å². The molecular formula is C19H19N3O5S. The van der Waals surface area contributed by atoms with Crippen LogP contribution in [0.4, 0.5) is 5.69 Å². The Bertz CT molecular complexity index is 1020. The average molecular weight is 401 g/mol. The van der Waals surface area contributed by atoms with Crippen molar-refractivity contribution in [1.82, 2.24) is 4.57 Å². The maximum atomic E-state index is 12.5. The smallest absolute Gasteiger partial charge is 0.350 e. The van der Waals surface area contributed by atoms with E-state index in [-0.39, 0.29) is 31.3 Å². The Kier molecular flexibility index (Phi) is 5.55. The summed E-state index contributed by atoms with van der Waals surface area (Å²) in [6, 6.07) is 6.14. The SMILES string of the molecule is CCOC(=O)c1sc(=NC(=O)c2ccc(N3C(=O)CCC3=O)cc2)n(C)c1C. The number of carbonyl (C=O) groups excluding carboxylic acids is 4. The van der Waals surface area contributed by atoms with Crippen molar-refractivity contribution in [2.45, 2.75) is 26.7 Å². The topological polar surface area (TPSA) is 98.0 Å². The van der Waals surface area contributed by atoms with Crippen molar-refractivity contribution in [1.29, 1.82) is 0 Å². The molecule has 8 nitrogen and oxygen atoms in total. The lowest BCUT2D eigenvalue weighted by Crippen LogP contribution is -2.28. The Morgan fingerprint density at radius 3 is 2.32 bits per heavy atom. The summed E-state index contributed by atoms with van der Waals surface area (Å²) in [6.07, 6.45) is 0.401. The second kappa shape index (κ2) is 7.89. The number of nitrogens with zero attached hydrogens (tertiary/aromatic N) is 3. The van der Waals surface area contributed by atoms with Gasteiger partial charge >= 0.3 is 5.97 Å². The minimum atomic E-state index is -0.488. The Morgan fingerprint density at radius 2 is 1.75 bits per heavy atom. The number of carbonyl (C=O) groups is 4. The molecular weight excluding hydrogens is 382 g/mol. The van der Waals surface area contributed by atoms with Gasteiger partial charge in [-0.3, -0.25) is 19.3 Å². The van der Waals surface area contributed by atoms with E-state index < -0.39 is 11.9 Å². The Morgan fingerprint density at radius 1 is 1.14 bits per heavy atom. The van der Waals surface area contributed by atoms with Gasteiger partial charge in [0.25, 0.3) is 5.91 Å². The van der Waals surface area contributed by atoms with Gasteiger partial charge in [0.1, 0.15) is 4.88 Å². The van der Waals surface area contributed by atoms with Crippen molar-refractivity contribution >= 4 is 40.7 Å². The molecule has 2 aromatic rings. The molecule has 1 aliphatic heterocycles. The molecule has 1 aromatic carbocycles. The Hall–Kier alpha value is -3.07. The molecule has 3 amide bonds. The predicted molar refractivity (Wildman–Crippen MR) is 102 cm³/mol. The van der Waals surface area contributed by atoms with Crippen LogP contribution in [0.25, 0.3) is 0 Å². The van der Waals surface area contributed by atoms with Gasteiger partial charge in [0, 0.05) is 31.1 Å². The largest absolute Gasteiger partial charge is 0.462 e. The molecule has 0 spiro atoms. The third-order valence-electron chi connectivity index (χ3n) is 4.39. The molecule has 2 heterocycles. The number of aromatic nitrogens is 1. The van der Waals surface area contributed by atoms with E-state index in [9.17, 15) is 19.2 Å². The normalized spacial score (nSPS) is 14.7. The number of ether oxygens (including phenoxy) is 1. The number of rotatable bonds is 4. The standard InChI is InChI=1S/C19H19N3O5S/c1-4-27-18(26)16-11(2)21(3)19(28-16)20-17(25)12-5-7-13(8-6-12)22-14(23)9-10-15(22)24/h5-8H,4,9-10H2,1-3H3. The molecule has 1 aliphatic rings. The lowest BCUT2D eigenvalue weighted by Gasteiger charge is -2.13. The number of hydrogen-bond acceptors (Lipinski definition) is 6. The fourth-order valence-electron chi connectivity index (χ4n) is 2.78. The molecule has 0 unspecified atom stereocenters. The fourth-order valence-corrected chi connectivity index (χ4v) is 3.79. The summed E-state index contributed by atoms with van der Waals surface area (Å²) in [5, 5.41) is 0. The molecule has 9 heteroatoms. The van der Waals surface area contributed by atoms with Gasteiger partial charge in [0.2, 0.25) is 11.8 Å². The lowest BCUT2D eigenvalue weighted by molar-refractivity contribution is -0.121. The highest BCUT2D eigenvalue weighted by atomic mass is 32.1. The van der Waals surface area contributed by atoms with Crippen molar-refractivity contribution in [3.8, 4) is 0 Å². The van der Waals surface area contributed by atoms with Gasteiger partial charge in [-0.15, -0.1) is 0 Å². The zero-order valence-electron chi connectivity index (χ0n) is 15.7. The van der Waals surface area contributed by atoms with Crippen molar-refractivity contribution in [3.05, 3.63) is 45.2 Å². The molecule has 0 bridgehead atoms. The van der Waals surface area contributed by atoms with Crippen LogP contribution in [0.1, 0.15) is 45.5 Å². The third-order valence-corrected chi connectivity index (χ3v) is 5.61. The van der Waals surface area contributed by atoms with E-state index in [2.05, 4.69) is 4.99 Å². The average Bonchev–Trinajstić information content (AvgIpc) is 3.15. The second-order valence-corrected chi connectivity index (χ2v) is 7.14. The number of hydrogen-bond donors (Lipinski definition) is 0. The summed E-state index contributed by atoms with van der Waals surface area (Å²) in [7, 11) is 1.72. The van der Waals surface area contributed by atoms with Gasteiger partial charge in [0.05, 0.1) is 12.3 Å². The molecule has 146 valence electrons. The first-order valence-electron chi connectivity index (χ1n) is 8.72. The number of imide groups is 1. The molecule has 3 rings (SSSR count). The first-order valence-corrected chi connectivity index (χ1v) is 9.53. The number of esters is 1. The molecule has 0 aliphatic carbocycles. The predicted octanol–water partition coefficient (Wildman–Crippen LogP) is 1.97. The van der Waals surface area contributed by atoms with Crippen LogP contribution in [0.3, 0.4) is 0 Å². The van der Waals surface area contributed by atoms with Crippen LogP contribution in [0, 0.1) is 6.92 Å². The first-order chi connectivity index (χ1) is 13.3. The van der Waals surface area contributed by atoms with Gasteiger partial charge in [0.15, 0.2) is 4.80 Å². The Labute approximate surface area is 165 Å². The summed E-state index contributed by atoms with van der Waals surface area (Å²) in [5.41, 5.74) is 1.41. The van der Waals surface area contributed by atoms with E-state index in [0.717, 1.165) is 16.2 Å². The van der Waals surface area contributed by atoms with Crippen LogP contribution >= 0.6 is 11.3 Å². The maximum Gasteiger partial charge on any atom is 0.350 e. The van der Waals surface area contributed by atoms with E-state index in [4.69, 9.17) is 4.74 Å². The zero-order valence-corrected chi connectivity index (χ0v) is 16.5. The molecule has 0 N–H and O–H groups in total. The highest BCUT2D eigenvalue weighted by molar-refractivity contribution is 7.11. The monoisotopic (exact) mass is 401 g/mol. The van der Waals surface area contributed by atoms with E-state index in [1.165, 1.54) is 12.1 Å². The lowest BCUT2D eigenvalue weighted by atomic mass is 10.2. The maximum absolute atomic E-state index is 12.5.